The van der Waals surface area contributed by atoms with Gasteiger partial charge in [-0.2, -0.15) is 13.2 Å². The van der Waals surface area contributed by atoms with Crippen molar-refractivity contribution in [1.82, 2.24) is 9.88 Å². The number of aromatic nitrogens is 1. The molecular formula is C14H12F3N3O3S. The molecule has 128 valence electrons. The van der Waals surface area contributed by atoms with Crippen LogP contribution in [-0.4, -0.2) is 33.4 Å². The van der Waals surface area contributed by atoms with Crippen molar-refractivity contribution >= 4 is 22.9 Å². The van der Waals surface area contributed by atoms with Crippen LogP contribution in [0.15, 0.2) is 29.6 Å². The highest BCUT2D eigenvalue weighted by atomic mass is 32.1. The molecule has 0 fully saturated rings. The van der Waals surface area contributed by atoms with Gasteiger partial charge in [0.2, 0.25) is 0 Å². The zero-order chi connectivity index (χ0) is 17.9. The maximum Gasteiger partial charge on any atom is 0.406 e. The van der Waals surface area contributed by atoms with E-state index in [1.807, 2.05) is 0 Å². The Labute approximate surface area is 138 Å². The van der Waals surface area contributed by atoms with Gasteiger partial charge in [0.05, 0.1) is 16.5 Å². The van der Waals surface area contributed by atoms with Crippen LogP contribution in [0.25, 0.3) is 0 Å². The molecule has 0 radical (unpaired) electrons. The maximum atomic E-state index is 12.8. The Hall–Kier alpha value is -2.49. The van der Waals surface area contributed by atoms with Gasteiger partial charge in [-0.1, -0.05) is 18.2 Å². The largest absolute Gasteiger partial charge is 0.406 e. The Morgan fingerprint density at radius 3 is 2.58 bits per heavy atom. The van der Waals surface area contributed by atoms with E-state index in [9.17, 15) is 28.1 Å². The molecule has 0 atom stereocenters. The fourth-order valence-electron chi connectivity index (χ4n) is 2.07. The molecule has 0 saturated carbocycles. The van der Waals surface area contributed by atoms with Gasteiger partial charge in [0.15, 0.2) is 0 Å². The number of para-hydroxylation sites is 1. The summed E-state index contributed by atoms with van der Waals surface area (Å²) in [6.07, 6.45) is -4.63. The number of hydrogen-bond donors (Lipinski definition) is 0. The lowest BCUT2D eigenvalue weighted by atomic mass is 10.1. The van der Waals surface area contributed by atoms with Crippen molar-refractivity contribution < 1.29 is 22.9 Å². The lowest BCUT2D eigenvalue weighted by molar-refractivity contribution is -0.385. The van der Waals surface area contributed by atoms with Crippen LogP contribution in [0.2, 0.25) is 0 Å². The number of halogens is 3. The zero-order valence-electron chi connectivity index (χ0n) is 12.4. The van der Waals surface area contributed by atoms with Crippen molar-refractivity contribution in [2.24, 2.45) is 0 Å². The molecule has 10 heteroatoms. The molecule has 0 N–H and O–H groups in total. The van der Waals surface area contributed by atoms with Gasteiger partial charge in [-0.05, 0) is 6.92 Å². The quantitative estimate of drug-likeness (QED) is 0.604. The molecule has 1 aromatic carbocycles. The lowest BCUT2D eigenvalue weighted by Crippen LogP contribution is -2.38. The van der Waals surface area contributed by atoms with Crippen LogP contribution in [-0.2, 0) is 6.54 Å². The summed E-state index contributed by atoms with van der Waals surface area (Å²) in [6, 6.07) is 5.37. The molecule has 0 spiro atoms. The summed E-state index contributed by atoms with van der Waals surface area (Å²) in [5.41, 5.74) is -0.431. The van der Waals surface area contributed by atoms with Gasteiger partial charge in [0.1, 0.15) is 12.2 Å². The Morgan fingerprint density at radius 1 is 1.38 bits per heavy atom. The molecule has 6 nitrogen and oxygen atoms in total. The number of hydrogen-bond acceptors (Lipinski definition) is 5. The van der Waals surface area contributed by atoms with E-state index < -0.39 is 30.1 Å². The molecular weight excluding hydrogens is 347 g/mol. The summed E-state index contributed by atoms with van der Waals surface area (Å²) in [4.78, 5) is 27.0. The van der Waals surface area contributed by atoms with Crippen LogP contribution in [0.4, 0.5) is 18.9 Å². The van der Waals surface area contributed by atoms with Gasteiger partial charge in [-0.15, -0.1) is 11.3 Å². The minimum absolute atomic E-state index is 0.0204. The van der Waals surface area contributed by atoms with E-state index in [1.165, 1.54) is 29.6 Å². The summed E-state index contributed by atoms with van der Waals surface area (Å²) in [5.74, 6) is -0.921. The lowest BCUT2D eigenvalue weighted by Gasteiger charge is -2.23. The highest BCUT2D eigenvalue weighted by Gasteiger charge is 2.34. The third-order valence-corrected chi connectivity index (χ3v) is 3.82. The molecule has 0 aliphatic carbocycles. The monoisotopic (exact) mass is 359 g/mol. The van der Waals surface area contributed by atoms with Crippen molar-refractivity contribution in [2.45, 2.75) is 19.6 Å². The fourth-order valence-corrected chi connectivity index (χ4v) is 2.65. The fraction of sp³-hybridized carbons (Fsp3) is 0.286. The van der Waals surface area contributed by atoms with Crippen LogP contribution >= 0.6 is 11.3 Å². The van der Waals surface area contributed by atoms with Crippen molar-refractivity contribution in [3.63, 3.8) is 0 Å². The average Bonchev–Trinajstić information content (AvgIpc) is 2.91. The molecule has 0 saturated heterocycles. The smallest absolute Gasteiger partial charge is 0.324 e. The number of nitro groups is 1. The number of benzene rings is 1. The molecule has 0 aliphatic rings. The second-order valence-electron chi connectivity index (χ2n) is 4.91. The van der Waals surface area contributed by atoms with E-state index in [0.29, 0.717) is 9.91 Å². The standard InChI is InChI=1S/C14H12F3N3O3S/c1-9-18-11(7-24-9)13(21)19(8-14(15,16)17)6-10-4-2-3-5-12(10)20(22)23/h2-5,7H,6,8H2,1H3. The van der Waals surface area contributed by atoms with Gasteiger partial charge < -0.3 is 4.90 Å². The van der Waals surface area contributed by atoms with E-state index in [-0.39, 0.29) is 16.9 Å². The Bertz CT molecular complexity index is 761. The molecule has 1 heterocycles. The van der Waals surface area contributed by atoms with Crippen LogP contribution in [0.1, 0.15) is 21.1 Å². The van der Waals surface area contributed by atoms with Gasteiger partial charge in [-0.25, -0.2) is 4.98 Å². The normalized spacial score (nSPS) is 11.3. The van der Waals surface area contributed by atoms with Crippen molar-refractivity contribution in [3.05, 3.63) is 56.0 Å². The first-order chi connectivity index (χ1) is 11.2. The topological polar surface area (TPSA) is 76.3 Å². The minimum Gasteiger partial charge on any atom is -0.324 e. The van der Waals surface area contributed by atoms with Gasteiger partial charge in [0, 0.05) is 17.0 Å². The number of carbonyl (C=O) groups is 1. The first kappa shape index (κ1) is 17.9. The number of thiazole rings is 1. The summed E-state index contributed by atoms with van der Waals surface area (Å²) in [7, 11) is 0. The highest BCUT2D eigenvalue weighted by Crippen LogP contribution is 2.24. The predicted molar refractivity (Wildman–Crippen MR) is 80.7 cm³/mol. The first-order valence-corrected chi connectivity index (χ1v) is 7.56. The summed E-state index contributed by atoms with van der Waals surface area (Å²) >= 11 is 1.13. The average molecular weight is 359 g/mol. The molecule has 0 aliphatic heterocycles. The van der Waals surface area contributed by atoms with E-state index in [1.54, 1.807) is 6.92 Å². The molecule has 2 aromatic rings. The van der Waals surface area contributed by atoms with E-state index in [0.717, 1.165) is 11.3 Å². The molecule has 2 rings (SSSR count). The van der Waals surface area contributed by atoms with Gasteiger partial charge in [0.25, 0.3) is 11.6 Å². The number of carbonyl (C=O) groups excluding carboxylic acids is 1. The predicted octanol–water partition coefficient (Wildman–Crippen LogP) is 3.56. The third kappa shape index (κ3) is 4.51. The minimum atomic E-state index is -4.63. The van der Waals surface area contributed by atoms with Crippen molar-refractivity contribution in [1.29, 1.82) is 0 Å². The second-order valence-corrected chi connectivity index (χ2v) is 5.98. The molecule has 1 amide bonds. The Morgan fingerprint density at radius 2 is 2.04 bits per heavy atom. The molecule has 1 aromatic heterocycles. The summed E-state index contributed by atoms with van der Waals surface area (Å²) in [6.45, 7) is -0.432. The number of rotatable bonds is 5. The summed E-state index contributed by atoms with van der Waals surface area (Å²) < 4.78 is 38.4. The number of alkyl halides is 3. The van der Waals surface area contributed by atoms with Crippen molar-refractivity contribution in [3.8, 4) is 0 Å². The van der Waals surface area contributed by atoms with E-state index >= 15 is 0 Å². The number of aryl methyl sites for hydroxylation is 1. The number of nitrogens with zero attached hydrogens (tertiary/aromatic N) is 3. The van der Waals surface area contributed by atoms with Crippen LogP contribution in [0.5, 0.6) is 0 Å². The third-order valence-electron chi connectivity index (χ3n) is 3.05. The van der Waals surface area contributed by atoms with E-state index in [2.05, 4.69) is 4.98 Å². The molecule has 0 unspecified atom stereocenters. The van der Waals surface area contributed by atoms with E-state index in [4.69, 9.17) is 0 Å². The highest BCUT2D eigenvalue weighted by molar-refractivity contribution is 7.09. The SMILES string of the molecule is Cc1nc(C(=O)N(Cc2ccccc2[N+](=O)[O-])CC(F)(F)F)cs1. The van der Waals surface area contributed by atoms with Crippen LogP contribution in [0, 0.1) is 17.0 Å². The maximum absolute atomic E-state index is 12.8. The number of nitro benzene ring substituents is 1. The molecule has 0 bridgehead atoms. The first-order valence-electron chi connectivity index (χ1n) is 6.68. The molecule has 24 heavy (non-hydrogen) atoms. The van der Waals surface area contributed by atoms with Gasteiger partial charge in [-0.3, -0.25) is 14.9 Å². The van der Waals surface area contributed by atoms with Crippen molar-refractivity contribution in [2.75, 3.05) is 6.54 Å². The van der Waals surface area contributed by atoms with Crippen LogP contribution in [0.3, 0.4) is 0 Å². The summed E-state index contributed by atoms with van der Waals surface area (Å²) in [5, 5.41) is 12.9. The Balaban J connectivity index is 2.34. The van der Waals surface area contributed by atoms with Gasteiger partial charge >= 0.3 is 6.18 Å². The Kier molecular flexibility index (Phi) is 5.17. The van der Waals surface area contributed by atoms with Crippen LogP contribution < -0.4 is 0 Å². The number of amides is 1. The second kappa shape index (κ2) is 6.95. The zero-order valence-corrected chi connectivity index (χ0v) is 13.2.